The summed E-state index contributed by atoms with van der Waals surface area (Å²) in [6, 6.07) is 16.2. The number of benzene rings is 2. The monoisotopic (exact) mass is 906 g/mol. The molecule has 0 fully saturated rings. The molecule has 5 rings (SSSR count). The minimum absolute atomic E-state index is 0. The quantitative estimate of drug-likeness (QED) is 0.134. The van der Waals surface area contributed by atoms with Crippen molar-refractivity contribution < 1.29 is 27.6 Å². The third-order valence-corrected chi connectivity index (χ3v) is 9.86. The molecule has 2 amide bonds. The SMILES string of the molecule is C.CC(C)CC(C)c1ccccc1Br.Cc1nn(C)c(F)c1C(=O)Cl.Cc1nn(C)c(F)c1C(=O)Nc1ccccc1C(C)CC(C)C.Cc1nn(C)c(F)c1C(N)=O. The van der Waals surface area contributed by atoms with Gasteiger partial charge in [-0.3, -0.25) is 14.4 Å². The summed E-state index contributed by atoms with van der Waals surface area (Å²) in [5, 5.41) is 13.3. The van der Waals surface area contributed by atoms with Gasteiger partial charge in [0.15, 0.2) is 0 Å². The number of aromatic nitrogens is 6. The summed E-state index contributed by atoms with van der Waals surface area (Å²) in [5.74, 6) is -0.952. The van der Waals surface area contributed by atoms with Gasteiger partial charge in [-0.2, -0.15) is 28.5 Å². The molecule has 0 radical (unpaired) electrons. The predicted octanol–water partition coefficient (Wildman–Crippen LogP) is 10.7. The molecule has 0 spiro atoms. The van der Waals surface area contributed by atoms with Crippen LogP contribution < -0.4 is 11.1 Å². The van der Waals surface area contributed by atoms with Crippen LogP contribution in [0.5, 0.6) is 0 Å². The Bertz CT molecular complexity index is 2120. The molecule has 0 saturated carbocycles. The third kappa shape index (κ3) is 14.8. The number of nitrogens with two attached hydrogens (primary N) is 1. The number of nitrogens with one attached hydrogen (secondary N) is 1. The molecule has 3 N–H and O–H groups in total. The molecule has 0 aliphatic heterocycles. The Labute approximate surface area is 360 Å². The second-order valence-electron chi connectivity index (χ2n) is 14.9. The van der Waals surface area contributed by atoms with Gasteiger partial charge in [-0.15, -0.1) is 0 Å². The number of anilines is 1. The molecular formula is C43H59BrClF3N8O3. The molecule has 324 valence electrons. The van der Waals surface area contributed by atoms with E-state index in [2.05, 4.69) is 102 Å². The maximum Gasteiger partial charge on any atom is 0.262 e. The summed E-state index contributed by atoms with van der Waals surface area (Å²) >= 11 is 8.68. The third-order valence-electron chi connectivity index (χ3n) is 8.95. The number of amides is 2. The molecule has 5 aromatic rings. The van der Waals surface area contributed by atoms with E-state index in [4.69, 9.17) is 17.3 Å². The number of nitrogens with zero attached hydrogens (tertiary/aromatic N) is 6. The summed E-state index contributed by atoms with van der Waals surface area (Å²) in [4.78, 5) is 33.6. The lowest BCUT2D eigenvalue weighted by atomic mass is 9.91. The highest BCUT2D eigenvalue weighted by Crippen LogP contribution is 2.31. The van der Waals surface area contributed by atoms with Crippen LogP contribution in [0.3, 0.4) is 0 Å². The van der Waals surface area contributed by atoms with Crippen LogP contribution in [-0.4, -0.2) is 46.4 Å². The Morgan fingerprint density at radius 1 is 0.678 bits per heavy atom. The highest BCUT2D eigenvalue weighted by atomic mass is 79.9. The van der Waals surface area contributed by atoms with E-state index in [0.29, 0.717) is 34.8 Å². The predicted molar refractivity (Wildman–Crippen MR) is 233 cm³/mol. The zero-order chi connectivity index (χ0) is 44.2. The van der Waals surface area contributed by atoms with Gasteiger partial charge in [-0.1, -0.05) is 101 Å². The van der Waals surface area contributed by atoms with E-state index in [1.165, 1.54) is 51.4 Å². The van der Waals surface area contributed by atoms with Crippen LogP contribution >= 0.6 is 27.5 Å². The first-order valence-electron chi connectivity index (χ1n) is 18.7. The molecule has 3 aromatic heterocycles. The van der Waals surface area contributed by atoms with Gasteiger partial charge in [-0.25, -0.2) is 14.0 Å². The Morgan fingerprint density at radius 3 is 1.39 bits per heavy atom. The lowest BCUT2D eigenvalue weighted by Gasteiger charge is -2.18. The fourth-order valence-electron chi connectivity index (χ4n) is 6.42. The van der Waals surface area contributed by atoms with Gasteiger partial charge in [0.25, 0.3) is 17.1 Å². The second kappa shape index (κ2) is 23.7. The van der Waals surface area contributed by atoms with Crippen molar-refractivity contribution in [3.8, 4) is 0 Å². The van der Waals surface area contributed by atoms with Crippen LogP contribution in [0.1, 0.15) is 133 Å². The van der Waals surface area contributed by atoms with Crippen molar-refractivity contribution in [2.24, 2.45) is 38.7 Å². The smallest absolute Gasteiger partial charge is 0.262 e. The molecule has 0 saturated heterocycles. The van der Waals surface area contributed by atoms with Crippen molar-refractivity contribution in [1.82, 2.24) is 29.3 Å². The molecule has 59 heavy (non-hydrogen) atoms. The molecule has 11 nitrogen and oxygen atoms in total. The van der Waals surface area contributed by atoms with Gasteiger partial charge >= 0.3 is 0 Å². The summed E-state index contributed by atoms with van der Waals surface area (Å²) in [6.45, 7) is 18.0. The highest BCUT2D eigenvalue weighted by molar-refractivity contribution is 9.10. The van der Waals surface area contributed by atoms with E-state index < -0.39 is 34.9 Å². The first kappa shape index (κ1) is 52.3. The zero-order valence-electron chi connectivity index (χ0n) is 35.2. The molecule has 2 atom stereocenters. The number of carbonyl (C=O) groups excluding carboxylic acids is 3. The average Bonchev–Trinajstić information content (AvgIpc) is 3.65. The van der Waals surface area contributed by atoms with Crippen molar-refractivity contribution in [3.05, 3.63) is 116 Å². The largest absolute Gasteiger partial charge is 0.365 e. The Balaban J connectivity index is 0.000000415. The van der Waals surface area contributed by atoms with E-state index in [1.807, 2.05) is 24.3 Å². The number of primary amides is 1. The van der Waals surface area contributed by atoms with Gasteiger partial charge in [0.1, 0.15) is 16.7 Å². The molecule has 3 heterocycles. The number of carbonyl (C=O) groups is 3. The summed E-state index contributed by atoms with van der Waals surface area (Å²) in [5.41, 5.74) is 8.85. The minimum atomic E-state index is -0.812. The van der Waals surface area contributed by atoms with Crippen molar-refractivity contribution in [2.75, 3.05) is 5.32 Å². The van der Waals surface area contributed by atoms with E-state index in [0.717, 1.165) is 37.6 Å². The van der Waals surface area contributed by atoms with Gasteiger partial charge < -0.3 is 11.1 Å². The van der Waals surface area contributed by atoms with Crippen molar-refractivity contribution >= 4 is 50.3 Å². The lowest BCUT2D eigenvalue weighted by molar-refractivity contribution is 0.0992. The van der Waals surface area contributed by atoms with Gasteiger partial charge in [0, 0.05) is 31.3 Å². The van der Waals surface area contributed by atoms with E-state index in [9.17, 15) is 27.6 Å². The van der Waals surface area contributed by atoms with Crippen molar-refractivity contribution in [2.45, 2.75) is 94.4 Å². The molecule has 2 unspecified atom stereocenters. The normalized spacial score (nSPS) is 11.6. The van der Waals surface area contributed by atoms with Crippen molar-refractivity contribution in [1.29, 1.82) is 0 Å². The molecule has 2 aromatic carbocycles. The van der Waals surface area contributed by atoms with Crippen LogP contribution in [-0.2, 0) is 21.1 Å². The van der Waals surface area contributed by atoms with E-state index in [-0.39, 0.29) is 24.1 Å². The zero-order valence-corrected chi connectivity index (χ0v) is 37.6. The minimum Gasteiger partial charge on any atom is -0.365 e. The Morgan fingerprint density at radius 2 is 1.05 bits per heavy atom. The van der Waals surface area contributed by atoms with Gasteiger partial charge in [0.05, 0.1) is 17.1 Å². The van der Waals surface area contributed by atoms with Crippen LogP contribution in [0.25, 0.3) is 0 Å². The van der Waals surface area contributed by atoms with E-state index >= 15 is 0 Å². The summed E-state index contributed by atoms with van der Waals surface area (Å²) < 4.78 is 44.1. The summed E-state index contributed by atoms with van der Waals surface area (Å²) in [6.07, 6.45) is 2.27. The maximum absolute atomic E-state index is 14.0. The number of rotatable bonds is 10. The van der Waals surface area contributed by atoms with Crippen LogP contribution in [0.4, 0.5) is 18.9 Å². The first-order valence-corrected chi connectivity index (χ1v) is 19.9. The molecule has 0 aliphatic rings. The number of para-hydroxylation sites is 1. The average molecular weight is 908 g/mol. The standard InChI is InChI=1S/C18H24FN3O.C12H17Br.C6H6ClFN2O.C6H8FN3O.CH4/c1-11(2)10-12(3)14-8-6-7-9-15(14)20-18(23)16-13(4)21-22(5)17(16)19;1-9(2)8-10(3)11-6-4-5-7-12(11)13;1-3-4(5(7)11)6(8)10(2)9-3;1-3-4(6(8)11)5(7)10(2)9-3;/h6-9,11-12H,10H2,1-5H3,(H,20,23);4-7,9-10H,8H2,1-3H3;1-2H3;1-2H3,(H2,8,11);1H4. The molecule has 0 bridgehead atoms. The number of halogens is 5. The fraction of sp³-hybridized carbons (Fsp3) is 0.442. The highest BCUT2D eigenvalue weighted by Gasteiger charge is 2.23. The van der Waals surface area contributed by atoms with Crippen molar-refractivity contribution in [3.63, 3.8) is 0 Å². The van der Waals surface area contributed by atoms with Crippen LogP contribution in [0, 0.1) is 50.5 Å². The first-order chi connectivity index (χ1) is 27.0. The molecule has 16 heteroatoms. The lowest BCUT2D eigenvalue weighted by Crippen LogP contribution is -2.16. The number of aryl methyl sites for hydroxylation is 6. The number of hydrogen-bond acceptors (Lipinski definition) is 6. The Hall–Kier alpha value is -4.76. The topological polar surface area (TPSA) is 143 Å². The van der Waals surface area contributed by atoms with Gasteiger partial charge in [0.2, 0.25) is 17.8 Å². The molecular weight excluding hydrogens is 849 g/mol. The molecule has 0 aliphatic carbocycles. The van der Waals surface area contributed by atoms with Crippen LogP contribution in [0.15, 0.2) is 53.0 Å². The summed E-state index contributed by atoms with van der Waals surface area (Å²) in [7, 11) is 4.30. The van der Waals surface area contributed by atoms with Crippen LogP contribution in [0.2, 0.25) is 0 Å². The van der Waals surface area contributed by atoms with Gasteiger partial charge in [-0.05, 0) is 92.1 Å². The second-order valence-corrected chi connectivity index (χ2v) is 16.1. The number of hydrogen-bond donors (Lipinski definition) is 2. The fourth-order valence-corrected chi connectivity index (χ4v) is 7.31. The Kier molecular flexibility index (Phi) is 21.0. The van der Waals surface area contributed by atoms with E-state index in [1.54, 1.807) is 6.92 Å². The maximum atomic E-state index is 14.0.